The third-order valence-corrected chi connectivity index (χ3v) is 5.40. The molecule has 1 N–H and O–H groups in total. The molecule has 1 aliphatic heterocycles. The van der Waals surface area contributed by atoms with Crippen LogP contribution >= 0.6 is 11.3 Å². The predicted molar refractivity (Wildman–Crippen MR) is 89.3 cm³/mol. The van der Waals surface area contributed by atoms with E-state index in [0.717, 1.165) is 18.5 Å². The molecule has 1 aliphatic rings. The first-order chi connectivity index (χ1) is 11.1. The maximum absolute atomic E-state index is 12.2. The van der Waals surface area contributed by atoms with Crippen LogP contribution in [-0.4, -0.2) is 31.9 Å². The SMILES string of the molecule is O=S(=O)(CC1CCCO1)Nc1cccc(OCc2cscn2)c1. The number of sulfonamides is 1. The summed E-state index contributed by atoms with van der Waals surface area (Å²) >= 11 is 1.51. The molecule has 1 unspecified atom stereocenters. The molecule has 0 radical (unpaired) electrons. The number of hydrogen-bond donors (Lipinski definition) is 1. The van der Waals surface area contributed by atoms with Crippen LogP contribution in [0.2, 0.25) is 0 Å². The first kappa shape index (κ1) is 16.2. The topological polar surface area (TPSA) is 77.5 Å². The Labute approximate surface area is 139 Å². The molecule has 124 valence electrons. The molecule has 0 bridgehead atoms. The molecular weight excluding hydrogens is 336 g/mol. The fraction of sp³-hybridized carbons (Fsp3) is 0.400. The molecule has 1 saturated heterocycles. The van der Waals surface area contributed by atoms with Crippen LogP contribution in [0.15, 0.2) is 35.2 Å². The fourth-order valence-electron chi connectivity index (χ4n) is 2.36. The first-order valence-electron chi connectivity index (χ1n) is 7.33. The van der Waals surface area contributed by atoms with Gasteiger partial charge in [0.05, 0.1) is 28.7 Å². The predicted octanol–water partition coefficient (Wildman–Crippen LogP) is 2.64. The summed E-state index contributed by atoms with van der Waals surface area (Å²) < 4.78 is 37.9. The zero-order valence-electron chi connectivity index (χ0n) is 12.5. The van der Waals surface area contributed by atoms with Gasteiger partial charge in [0.25, 0.3) is 0 Å². The summed E-state index contributed by atoms with van der Waals surface area (Å²) in [5.74, 6) is 0.576. The van der Waals surface area contributed by atoms with Gasteiger partial charge in [-0.3, -0.25) is 4.72 Å². The van der Waals surface area contributed by atoms with Gasteiger partial charge in [-0.1, -0.05) is 6.07 Å². The van der Waals surface area contributed by atoms with Crippen LogP contribution in [0.1, 0.15) is 18.5 Å². The Morgan fingerprint density at radius 2 is 2.35 bits per heavy atom. The Hall–Kier alpha value is -1.64. The smallest absolute Gasteiger partial charge is 0.235 e. The van der Waals surface area contributed by atoms with E-state index in [1.54, 1.807) is 29.8 Å². The molecule has 3 rings (SSSR count). The molecule has 6 nitrogen and oxygen atoms in total. The highest BCUT2D eigenvalue weighted by Crippen LogP contribution is 2.21. The van der Waals surface area contributed by atoms with Gasteiger partial charge in [0.2, 0.25) is 10.0 Å². The van der Waals surface area contributed by atoms with E-state index in [1.807, 2.05) is 5.38 Å². The van der Waals surface area contributed by atoms with E-state index in [-0.39, 0.29) is 11.9 Å². The molecule has 1 aromatic carbocycles. The van der Waals surface area contributed by atoms with E-state index in [0.29, 0.717) is 24.7 Å². The lowest BCUT2D eigenvalue weighted by atomic mass is 10.3. The fourth-order valence-corrected chi connectivity index (χ4v) is 4.22. The Bertz CT molecular complexity index is 726. The molecule has 0 aliphatic carbocycles. The zero-order chi connectivity index (χ0) is 16.1. The molecule has 23 heavy (non-hydrogen) atoms. The third kappa shape index (κ3) is 4.92. The van der Waals surface area contributed by atoms with Crippen molar-refractivity contribution in [2.24, 2.45) is 0 Å². The van der Waals surface area contributed by atoms with Gasteiger partial charge in [0.15, 0.2) is 0 Å². The van der Waals surface area contributed by atoms with Crippen LogP contribution in [0.4, 0.5) is 5.69 Å². The Balaban J connectivity index is 1.60. The maximum atomic E-state index is 12.2. The summed E-state index contributed by atoms with van der Waals surface area (Å²) in [4.78, 5) is 4.14. The van der Waals surface area contributed by atoms with Gasteiger partial charge in [-0.25, -0.2) is 13.4 Å². The Kier molecular flexibility index (Phi) is 5.14. The van der Waals surface area contributed by atoms with Crippen molar-refractivity contribution in [3.8, 4) is 5.75 Å². The van der Waals surface area contributed by atoms with Gasteiger partial charge in [0, 0.05) is 18.1 Å². The molecule has 0 saturated carbocycles. The van der Waals surface area contributed by atoms with Crippen molar-refractivity contribution in [2.75, 3.05) is 17.1 Å². The van der Waals surface area contributed by atoms with Crippen molar-refractivity contribution in [1.29, 1.82) is 0 Å². The van der Waals surface area contributed by atoms with Crippen LogP contribution in [-0.2, 0) is 21.4 Å². The lowest BCUT2D eigenvalue weighted by molar-refractivity contribution is 0.127. The van der Waals surface area contributed by atoms with Crippen LogP contribution in [0, 0.1) is 0 Å². The lowest BCUT2D eigenvalue weighted by Crippen LogP contribution is -2.25. The molecule has 8 heteroatoms. The summed E-state index contributed by atoms with van der Waals surface area (Å²) in [5.41, 5.74) is 3.08. The third-order valence-electron chi connectivity index (χ3n) is 3.41. The summed E-state index contributed by atoms with van der Waals surface area (Å²) in [7, 11) is -3.43. The summed E-state index contributed by atoms with van der Waals surface area (Å²) in [6.07, 6.45) is 1.49. The number of nitrogens with zero attached hydrogens (tertiary/aromatic N) is 1. The number of thiazole rings is 1. The van der Waals surface area contributed by atoms with Crippen molar-refractivity contribution in [1.82, 2.24) is 4.98 Å². The average molecular weight is 354 g/mol. The van der Waals surface area contributed by atoms with E-state index < -0.39 is 10.0 Å². The quantitative estimate of drug-likeness (QED) is 0.827. The van der Waals surface area contributed by atoms with Gasteiger partial charge in [-0.05, 0) is 25.0 Å². The van der Waals surface area contributed by atoms with Gasteiger partial charge in [-0.15, -0.1) is 11.3 Å². The summed E-state index contributed by atoms with van der Waals surface area (Å²) in [6.45, 7) is 0.996. The van der Waals surface area contributed by atoms with E-state index in [2.05, 4.69) is 9.71 Å². The molecule has 2 aromatic rings. The Morgan fingerprint density at radius 1 is 1.43 bits per heavy atom. The zero-order valence-corrected chi connectivity index (χ0v) is 14.1. The summed E-state index contributed by atoms with van der Waals surface area (Å²) in [6, 6.07) is 6.90. The molecule has 1 aromatic heterocycles. The number of benzene rings is 1. The Morgan fingerprint density at radius 3 is 3.09 bits per heavy atom. The molecule has 2 heterocycles. The number of anilines is 1. The minimum atomic E-state index is -3.43. The minimum absolute atomic E-state index is 0.0170. The molecule has 0 amide bonds. The van der Waals surface area contributed by atoms with Crippen LogP contribution in [0.5, 0.6) is 5.75 Å². The maximum Gasteiger partial charge on any atom is 0.235 e. The van der Waals surface area contributed by atoms with E-state index in [1.165, 1.54) is 11.3 Å². The molecule has 0 spiro atoms. The highest BCUT2D eigenvalue weighted by Gasteiger charge is 2.23. The standard InChI is InChI=1S/C15H18N2O4S2/c18-23(19,10-15-5-2-6-20-15)17-12-3-1-4-14(7-12)21-8-13-9-22-11-16-13/h1,3-4,7,9,11,15,17H,2,5-6,8,10H2. The van der Waals surface area contributed by atoms with E-state index in [9.17, 15) is 8.42 Å². The number of hydrogen-bond acceptors (Lipinski definition) is 6. The van der Waals surface area contributed by atoms with Crippen LogP contribution in [0.3, 0.4) is 0 Å². The van der Waals surface area contributed by atoms with Gasteiger partial charge >= 0.3 is 0 Å². The van der Waals surface area contributed by atoms with Crippen molar-refractivity contribution < 1.29 is 17.9 Å². The van der Waals surface area contributed by atoms with Gasteiger partial charge in [0.1, 0.15) is 12.4 Å². The highest BCUT2D eigenvalue weighted by molar-refractivity contribution is 7.92. The second kappa shape index (κ2) is 7.29. The van der Waals surface area contributed by atoms with Crippen molar-refractivity contribution in [2.45, 2.75) is 25.6 Å². The van der Waals surface area contributed by atoms with Crippen LogP contribution in [0.25, 0.3) is 0 Å². The monoisotopic (exact) mass is 354 g/mol. The number of ether oxygens (including phenoxy) is 2. The number of aromatic nitrogens is 1. The normalized spacial score (nSPS) is 18.0. The summed E-state index contributed by atoms with van der Waals surface area (Å²) in [5, 5.41) is 1.91. The van der Waals surface area contributed by atoms with Crippen molar-refractivity contribution in [3.05, 3.63) is 40.8 Å². The second-order valence-electron chi connectivity index (χ2n) is 5.31. The average Bonchev–Trinajstić information content (AvgIpc) is 3.18. The molecular formula is C15H18N2O4S2. The van der Waals surface area contributed by atoms with E-state index >= 15 is 0 Å². The second-order valence-corrected chi connectivity index (χ2v) is 7.80. The number of rotatable bonds is 7. The largest absolute Gasteiger partial charge is 0.487 e. The van der Waals surface area contributed by atoms with Crippen molar-refractivity contribution in [3.63, 3.8) is 0 Å². The lowest BCUT2D eigenvalue weighted by Gasteiger charge is -2.13. The van der Waals surface area contributed by atoms with E-state index in [4.69, 9.17) is 9.47 Å². The highest BCUT2D eigenvalue weighted by atomic mass is 32.2. The first-order valence-corrected chi connectivity index (χ1v) is 9.92. The van der Waals surface area contributed by atoms with Gasteiger partial charge in [-0.2, -0.15) is 0 Å². The number of nitrogens with one attached hydrogen (secondary N) is 1. The minimum Gasteiger partial charge on any atom is -0.487 e. The molecule has 1 atom stereocenters. The van der Waals surface area contributed by atoms with Gasteiger partial charge < -0.3 is 9.47 Å². The van der Waals surface area contributed by atoms with Crippen molar-refractivity contribution >= 4 is 27.0 Å². The molecule has 1 fully saturated rings. The van der Waals surface area contributed by atoms with Crippen LogP contribution < -0.4 is 9.46 Å².